The molecule has 6 nitrogen and oxygen atoms in total. The Bertz CT molecular complexity index is 1310. The van der Waals surface area contributed by atoms with Crippen LogP contribution in [0.5, 0.6) is 0 Å². The molecule has 2 N–H and O–H groups in total. The zero-order chi connectivity index (χ0) is 26.2. The number of hydrogen-bond acceptors (Lipinski definition) is 5. The van der Waals surface area contributed by atoms with Crippen LogP contribution in [0.2, 0.25) is 0 Å². The average Bonchev–Trinajstić information content (AvgIpc) is 2.83. The van der Waals surface area contributed by atoms with E-state index in [-0.39, 0.29) is 24.5 Å². The van der Waals surface area contributed by atoms with Gasteiger partial charge in [-0.1, -0.05) is 62.1 Å². The van der Waals surface area contributed by atoms with E-state index in [9.17, 15) is 18.9 Å². The number of aryl methyl sites for hydroxylation is 1. The highest BCUT2D eigenvalue weighted by Gasteiger charge is 2.17. The molecule has 3 aromatic rings. The summed E-state index contributed by atoms with van der Waals surface area (Å²) < 4.78 is 31.3. The summed E-state index contributed by atoms with van der Waals surface area (Å²) in [4.78, 5) is 15.5. The van der Waals surface area contributed by atoms with Crippen molar-refractivity contribution in [1.29, 1.82) is 0 Å². The Labute approximate surface area is 211 Å². The van der Waals surface area contributed by atoms with E-state index in [1.165, 1.54) is 6.07 Å². The third-order valence-electron chi connectivity index (χ3n) is 5.46. The molecule has 0 saturated carbocycles. The molecule has 0 aliphatic heterocycles. The number of halogens is 1. The Morgan fingerprint density at radius 1 is 1.14 bits per heavy atom. The zero-order valence-corrected chi connectivity index (χ0v) is 21.4. The van der Waals surface area contributed by atoms with Gasteiger partial charge in [-0.05, 0) is 42.2 Å². The minimum Gasteiger partial charge on any atom is -0.481 e. The summed E-state index contributed by atoms with van der Waals surface area (Å²) >= 11 is 0. The topological polar surface area (TPSA) is 96.7 Å². The van der Waals surface area contributed by atoms with Crippen LogP contribution in [0.4, 0.5) is 4.39 Å². The SMILES string of the molecule is Cc1cc(-c2cc(-c3ccccc3)nc(C(C)C)c2C#CCO[PH](=O)C[C@@H](O)CC(=O)O)ccc1F. The minimum absolute atomic E-state index is 0.0319. The van der Waals surface area contributed by atoms with Gasteiger partial charge in [-0.3, -0.25) is 14.3 Å². The first-order valence-corrected chi connectivity index (χ1v) is 13.1. The lowest BCUT2D eigenvalue weighted by Gasteiger charge is -2.16. The Balaban J connectivity index is 1.99. The molecule has 0 bridgehead atoms. The molecule has 1 heterocycles. The molecular formula is C28H29FNO5P. The zero-order valence-electron chi connectivity index (χ0n) is 20.4. The van der Waals surface area contributed by atoms with Crippen molar-refractivity contribution in [2.45, 2.75) is 39.2 Å². The maximum absolute atomic E-state index is 14.0. The number of rotatable bonds is 9. The van der Waals surface area contributed by atoms with Crippen LogP contribution in [-0.2, 0) is 13.9 Å². The minimum atomic E-state index is -2.65. The van der Waals surface area contributed by atoms with Crippen LogP contribution in [0.25, 0.3) is 22.4 Å². The van der Waals surface area contributed by atoms with Gasteiger partial charge in [0.25, 0.3) is 0 Å². The molecule has 0 fully saturated rings. The van der Waals surface area contributed by atoms with Gasteiger partial charge in [-0.2, -0.15) is 0 Å². The van der Waals surface area contributed by atoms with E-state index in [1.54, 1.807) is 19.1 Å². The molecule has 2 atom stereocenters. The third-order valence-corrected chi connectivity index (χ3v) is 6.73. The molecule has 0 amide bonds. The van der Waals surface area contributed by atoms with Crippen LogP contribution in [0, 0.1) is 24.6 Å². The summed E-state index contributed by atoms with van der Waals surface area (Å²) in [5.74, 6) is 4.55. The highest BCUT2D eigenvalue weighted by Crippen LogP contribution is 2.33. The van der Waals surface area contributed by atoms with Crippen LogP contribution in [0.1, 0.15) is 43.0 Å². The van der Waals surface area contributed by atoms with Crippen molar-refractivity contribution >= 4 is 14.0 Å². The summed E-state index contributed by atoms with van der Waals surface area (Å²) in [6, 6.07) is 16.6. The van der Waals surface area contributed by atoms with Crippen LogP contribution < -0.4 is 0 Å². The summed E-state index contributed by atoms with van der Waals surface area (Å²) in [6.07, 6.45) is -1.98. The molecule has 3 rings (SSSR count). The average molecular weight is 510 g/mol. The van der Waals surface area contributed by atoms with Crippen molar-refractivity contribution in [3.05, 3.63) is 77.2 Å². The molecule has 0 saturated heterocycles. The first kappa shape index (κ1) is 27.3. The Hall–Kier alpha value is -3.30. The lowest BCUT2D eigenvalue weighted by molar-refractivity contribution is -0.138. The molecule has 1 unspecified atom stereocenters. The number of hydrogen-bond donors (Lipinski definition) is 2. The van der Waals surface area contributed by atoms with Crippen molar-refractivity contribution in [2.24, 2.45) is 0 Å². The van der Waals surface area contributed by atoms with E-state index in [4.69, 9.17) is 14.6 Å². The van der Waals surface area contributed by atoms with E-state index < -0.39 is 26.5 Å². The van der Waals surface area contributed by atoms with Gasteiger partial charge in [-0.15, -0.1) is 0 Å². The molecule has 1 aromatic heterocycles. The quantitative estimate of drug-likeness (QED) is 0.285. The predicted molar refractivity (Wildman–Crippen MR) is 139 cm³/mol. The maximum atomic E-state index is 14.0. The second-order valence-corrected chi connectivity index (χ2v) is 10.2. The van der Waals surface area contributed by atoms with Gasteiger partial charge >= 0.3 is 5.97 Å². The first-order valence-electron chi connectivity index (χ1n) is 11.6. The van der Waals surface area contributed by atoms with E-state index in [0.29, 0.717) is 11.1 Å². The van der Waals surface area contributed by atoms with Crippen LogP contribution in [-0.4, -0.2) is 40.0 Å². The number of carboxylic acids is 1. The second kappa shape index (κ2) is 12.6. The molecule has 36 heavy (non-hydrogen) atoms. The number of aromatic nitrogens is 1. The Morgan fingerprint density at radius 2 is 1.86 bits per heavy atom. The van der Waals surface area contributed by atoms with Crippen molar-refractivity contribution in [3.8, 4) is 34.2 Å². The number of carboxylic acid groups (broad SMARTS) is 1. The lowest BCUT2D eigenvalue weighted by atomic mass is 9.92. The normalized spacial score (nSPS) is 12.6. The van der Waals surface area contributed by atoms with Crippen LogP contribution in [0.3, 0.4) is 0 Å². The molecule has 0 aliphatic rings. The van der Waals surface area contributed by atoms with Gasteiger partial charge in [0, 0.05) is 17.3 Å². The van der Waals surface area contributed by atoms with Gasteiger partial charge in [0.1, 0.15) is 12.4 Å². The summed E-state index contributed by atoms with van der Waals surface area (Å²) in [5.41, 5.74) is 5.27. The van der Waals surface area contributed by atoms with E-state index >= 15 is 0 Å². The van der Waals surface area contributed by atoms with Gasteiger partial charge in [0.2, 0.25) is 0 Å². The second-order valence-electron chi connectivity index (χ2n) is 8.72. The molecule has 0 radical (unpaired) electrons. The number of aliphatic hydroxyl groups is 1. The van der Waals surface area contributed by atoms with Crippen LogP contribution in [0.15, 0.2) is 54.6 Å². The van der Waals surface area contributed by atoms with Gasteiger partial charge < -0.3 is 14.7 Å². The van der Waals surface area contributed by atoms with Gasteiger partial charge in [0.05, 0.1) is 29.5 Å². The lowest BCUT2D eigenvalue weighted by Crippen LogP contribution is -2.15. The number of nitrogens with zero attached hydrogens (tertiary/aromatic N) is 1. The van der Waals surface area contributed by atoms with Crippen LogP contribution >= 0.6 is 8.03 Å². The fourth-order valence-electron chi connectivity index (χ4n) is 3.68. The fourth-order valence-corrected chi connectivity index (χ4v) is 4.56. The number of aliphatic carboxylic acids is 1. The van der Waals surface area contributed by atoms with Gasteiger partial charge in [0.15, 0.2) is 8.03 Å². The molecule has 0 spiro atoms. The number of carbonyl (C=O) groups is 1. The monoisotopic (exact) mass is 509 g/mol. The van der Waals surface area contributed by atoms with Crippen molar-refractivity contribution in [1.82, 2.24) is 4.98 Å². The molecule has 0 aliphatic carbocycles. The molecule has 8 heteroatoms. The van der Waals surface area contributed by atoms with Gasteiger partial charge in [-0.25, -0.2) is 4.39 Å². The van der Waals surface area contributed by atoms with Crippen molar-refractivity contribution in [3.63, 3.8) is 0 Å². The highest BCUT2D eigenvalue weighted by molar-refractivity contribution is 7.39. The Kier molecular flexibility index (Phi) is 9.55. The fraction of sp³-hybridized carbons (Fsp3) is 0.286. The number of aliphatic hydroxyl groups excluding tert-OH is 1. The summed E-state index contributed by atoms with van der Waals surface area (Å²) in [5, 5.41) is 18.4. The highest BCUT2D eigenvalue weighted by atomic mass is 31.1. The molecule has 188 valence electrons. The van der Waals surface area contributed by atoms with Crippen molar-refractivity contribution in [2.75, 3.05) is 12.8 Å². The van der Waals surface area contributed by atoms with E-state index in [2.05, 4.69) is 11.8 Å². The number of benzene rings is 2. The smallest absolute Gasteiger partial charge is 0.305 e. The van der Waals surface area contributed by atoms with E-state index in [1.807, 2.05) is 50.2 Å². The maximum Gasteiger partial charge on any atom is 0.305 e. The number of pyridine rings is 1. The van der Waals surface area contributed by atoms with E-state index in [0.717, 1.165) is 28.1 Å². The third kappa shape index (κ3) is 7.35. The predicted octanol–water partition coefficient (Wildman–Crippen LogP) is 5.66. The summed E-state index contributed by atoms with van der Waals surface area (Å²) in [7, 11) is -2.65. The standard InChI is InChI=1S/C28H29FNO5P/c1-18(2)28-23(10-7-13-35-36(34)17-22(31)15-27(32)33)24(21-11-12-25(29)19(3)14-21)16-26(30-28)20-8-5-4-6-9-20/h4-6,8-9,11-12,14,16,18,22,31,36H,13,15,17H2,1-3H3,(H,32,33)/t22-/m0/s1. The first-order chi connectivity index (χ1) is 17.2. The molecule has 2 aromatic carbocycles. The largest absolute Gasteiger partial charge is 0.481 e. The Morgan fingerprint density at radius 3 is 2.50 bits per heavy atom. The summed E-state index contributed by atoms with van der Waals surface area (Å²) in [6.45, 7) is 5.58. The van der Waals surface area contributed by atoms with Crippen molar-refractivity contribution < 1.29 is 28.5 Å². The molecular weight excluding hydrogens is 480 g/mol.